The van der Waals surface area contributed by atoms with Crippen molar-refractivity contribution in [2.75, 3.05) is 32.8 Å². The number of carbonyl (C=O) groups is 1. The number of hydrogen-bond acceptors (Lipinski definition) is 3. The molecule has 4 heteroatoms. The first-order chi connectivity index (χ1) is 6.19. The molecule has 4 nitrogen and oxygen atoms in total. The Bertz CT molecular complexity index is 184. The van der Waals surface area contributed by atoms with E-state index in [9.17, 15) is 4.79 Å². The highest BCUT2D eigenvalue weighted by Crippen LogP contribution is 2.09. The predicted octanol–water partition coefficient (Wildman–Crippen LogP) is -0.469. The summed E-state index contributed by atoms with van der Waals surface area (Å²) < 4.78 is 0. The molecule has 1 heterocycles. The van der Waals surface area contributed by atoms with Crippen LogP contribution in [0.15, 0.2) is 0 Å². The lowest BCUT2D eigenvalue weighted by molar-refractivity contribution is -0.138. The van der Waals surface area contributed by atoms with E-state index in [4.69, 9.17) is 5.11 Å². The van der Waals surface area contributed by atoms with E-state index in [1.807, 2.05) is 16.7 Å². The molecule has 0 aromatic heterocycles. The summed E-state index contributed by atoms with van der Waals surface area (Å²) in [5, 5.41) is 8.78. The maximum Gasteiger partial charge on any atom is 0.236 e. The molecule has 13 heavy (non-hydrogen) atoms. The molecule has 0 aromatic rings. The van der Waals surface area contributed by atoms with Gasteiger partial charge in [-0.15, -0.1) is 0 Å². The molecule has 0 spiro atoms. The third-order valence-corrected chi connectivity index (χ3v) is 2.57. The fourth-order valence-electron chi connectivity index (χ4n) is 1.70. The third kappa shape index (κ3) is 2.42. The van der Waals surface area contributed by atoms with Gasteiger partial charge in [0.25, 0.3) is 0 Å². The standard InChI is InChI=1S/C9H18N2O2/c1-3-10-6-8(2)11(4-5-12)7-9(10)13/h8,12H,3-7H2,1-2H3. The quantitative estimate of drug-likeness (QED) is 0.648. The zero-order valence-electron chi connectivity index (χ0n) is 8.36. The predicted molar refractivity (Wildman–Crippen MR) is 50.4 cm³/mol. The summed E-state index contributed by atoms with van der Waals surface area (Å²) in [6, 6.07) is 0.366. The van der Waals surface area contributed by atoms with Crippen LogP contribution in [0.3, 0.4) is 0 Å². The number of carbonyl (C=O) groups excluding carboxylic acids is 1. The van der Waals surface area contributed by atoms with E-state index >= 15 is 0 Å². The van der Waals surface area contributed by atoms with E-state index < -0.39 is 0 Å². The second-order valence-corrected chi connectivity index (χ2v) is 3.48. The van der Waals surface area contributed by atoms with E-state index in [-0.39, 0.29) is 12.5 Å². The van der Waals surface area contributed by atoms with Crippen molar-refractivity contribution in [1.29, 1.82) is 0 Å². The smallest absolute Gasteiger partial charge is 0.236 e. The molecule has 1 aliphatic rings. The lowest BCUT2D eigenvalue weighted by atomic mass is 10.2. The number of aliphatic hydroxyl groups is 1. The molecule has 0 saturated carbocycles. The fraction of sp³-hybridized carbons (Fsp3) is 0.889. The van der Waals surface area contributed by atoms with Gasteiger partial charge in [-0.05, 0) is 13.8 Å². The van der Waals surface area contributed by atoms with Crippen molar-refractivity contribution < 1.29 is 9.90 Å². The third-order valence-electron chi connectivity index (χ3n) is 2.57. The highest BCUT2D eigenvalue weighted by molar-refractivity contribution is 5.79. The molecule has 0 radical (unpaired) electrons. The summed E-state index contributed by atoms with van der Waals surface area (Å²) in [5.74, 6) is 0.175. The van der Waals surface area contributed by atoms with Crippen molar-refractivity contribution in [3.05, 3.63) is 0 Å². The molecule has 0 aromatic carbocycles. The Morgan fingerprint density at radius 1 is 1.62 bits per heavy atom. The molecule has 0 bridgehead atoms. The largest absolute Gasteiger partial charge is 0.395 e. The number of likely N-dealkylation sites (N-methyl/N-ethyl adjacent to an activating group) is 1. The van der Waals surface area contributed by atoms with Crippen molar-refractivity contribution in [3.8, 4) is 0 Å². The van der Waals surface area contributed by atoms with E-state index in [0.29, 0.717) is 19.1 Å². The Labute approximate surface area is 79.1 Å². The van der Waals surface area contributed by atoms with Crippen LogP contribution < -0.4 is 0 Å². The molecule has 1 amide bonds. The fourth-order valence-corrected chi connectivity index (χ4v) is 1.70. The first kappa shape index (κ1) is 10.5. The molecule has 1 saturated heterocycles. The summed E-state index contributed by atoms with van der Waals surface area (Å²) in [5.41, 5.74) is 0. The lowest BCUT2D eigenvalue weighted by Gasteiger charge is -2.38. The Hall–Kier alpha value is -0.610. The van der Waals surface area contributed by atoms with Gasteiger partial charge < -0.3 is 10.0 Å². The molecule has 1 atom stereocenters. The van der Waals surface area contributed by atoms with Crippen LogP contribution in [0.4, 0.5) is 0 Å². The van der Waals surface area contributed by atoms with Crippen molar-refractivity contribution in [2.24, 2.45) is 0 Å². The van der Waals surface area contributed by atoms with Crippen LogP contribution in [0.5, 0.6) is 0 Å². The zero-order valence-corrected chi connectivity index (χ0v) is 8.36. The van der Waals surface area contributed by atoms with Gasteiger partial charge in [0.2, 0.25) is 5.91 Å². The van der Waals surface area contributed by atoms with Crippen molar-refractivity contribution in [3.63, 3.8) is 0 Å². The summed E-state index contributed by atoms with van der Waals surface area (Å²) in [6.07, 6.45) is 0. The highest BCUT2D eigenvalue weighted by Gasteiger charge is 2.27. The van der Waals surface area contributed by atoms with Crippen LogP contribution in [0.2, 0.25) is 0 Å². The summed E-state index contributed by atoms with van der Waals surface area (Å²) >= 11 is 0. The number of aliphatic hydroxyl groups excluding tert-OH is 1. The average Bonchev–Trinajstić information content (AvgIpc) is 2.11. The van der Waals surface area contributed by atoms with Gasteiger partial charge in [0.05, 0.1) is 13.2 Å². The van der Waals surface area contributed by atoms with Gasteiger partial charge in [0, 0.05) is 25.7 Å². The highest BCUT2D eigenvalue weighted by atomic mass is 16.3. The van der Waals surface area contributed by atoms with Crippen LogP contribution in [0, 0.1) is 0 Å². The molecular weight excluding hydrogens is 168 g/mol. The molecule has 1 fully saturated rings. The van der Waals surface area contributed by atoms with Gasteiger partial charge in [-0.2, -0.15) is 0 Å². The van der Waals surface area contributed by atoms with Crippen LogP contribution in [-0.2, 0) is 4.79 Å². The Balaban J connectivity index is 2.51. The molecule has 1 unspecified atom stereocenters. The van der Waals surface area contributed by atoms with Gasteiger partial charge >= 0.3 is 0 Å². The minimum Gasteiger partial charge on any atom is -0.395 e. The molecule has 0 aliphatic carbocycles. The van der Waals surface area contributed by atoms with Crippen molar-refractivity contribution in [1.82, 2.24) is 9.80 Å². The minimum absolute atomic E-state index is 0.129. The van der Waals surface area contributed by atoms with E-state index in [0.717, 1.165) is 13.1 Å². The van der Waals surface area contributed by atoms with Gasteiger partial charge in [0.15, 0.2) is 0 Å². The van der Waals surface area contributed by atoms with Crippen molar-refractivity contribution in [2.45, 2.75) is 19.9 Å². The van der Waals surface area contributed by atoms with E-state index in [1.165, 1.54) is 0 Å². The van der Waals surface area contributed by atoms with Crippen LogP contribution in [-0.4, -0.2) is 59.6 Å². The topological polar surface area (TPSA) is 43.8 Å². The van der Waals surface area contributed by atoms with Gasteiger partial charge in [-0.25, -0.2) is 0 Å². The summed E-state index contributed by atoms with van der Waals surface area (Å²) in [7, 11) is 0. The lowest BCUT2D eigenvalue weighted by Crippen LogP contribution is -2.55. The molecule has 1 aliphatic heterocycles. The molecule has 1 N–H and O–H groups in total. The van der Waals surface area contributed by atoms with Crippen LogP contribution in [0.1, 0.15) is 13.8 Å². The van der Waals surface area contributed by atoms with Crippen molar-refractivity contribution >= 4 is 5.91 Å². The van der Waals surface area contributed by atoms with Crippen LogP contribution >= 0.6 is 0 Å². The van der Waals surface area contributed by atoms with Gasteiger partial charge in [-0.3, -0.25) is 9.69 Å². The normalized spacial score (nSPS) is 25.3. The monoisotopic (exact) mass is 186 g/mol. The zero-order chi connectivity index (χ0) is 9.84. The van der Waals surface area contributed by atoms with E-state index in [1.54, 1.807) is 0 Å². The van der Waals surface area contributed by atoms with E-state index in [2.05, 4.69) is 6.92 Å². The summed E-state index contributed by atoms with van der Waals surface area (Å²) in [6.45, 7) is 6.84. The first-order valence-electron chi connectivity index (χ1n) is 4.81. The van der Waals surface area contributed by atoms with Gasteiger partial charge in [-0.1, -0.05) is 0 Å². The Morgan fingerprint density at radius 3 is 2.85 bits per heavy atom. The number of nitrogens with zero attached hydrogens (tertiary/aromatic N) is 2. The average molecular weight is 186 g/mol. The maximum absolute atomic E-state index is 11.5. The number of piperazine rings is 1. The second-order valence-electron chi connectivity index (χ2n) is 3.48. The summed E-state index contributed by atoms with van der Waals surface area (Å²) in [4.78, 5) is 15.3. The molecular formula is C9H18N2O2. The molecule has 76 valence electrons. The second kappa shape index (κ2) is 4.58. The number of rotatable bonds is 3. The molecule has 1 rings (SSSR count). The number of amides is 1. The maximum atomic E-state index is 11.5. The SMILES string of the molecule is CCN1CC(C)N(CCO)CC1=O. The number of hydrogen-bond donors (Lipinski definition) is 1. The number of β-amino-alcohol motifs (C(OH)–C–C–N with tert-alkyl or cyclic N) is 1. The first-order valence-corrected chi connectivity index (χ1v) is 4.81. The Kier molecular flexibility index (Phi) is 3.69. The van der Waals surface area contributed by atoms with Crippen LogP contribution in [0.25, 0.3) is 0 Å². The van der Waals surface area contributed by atoms with Gasteiger partial charge in [0.1, 0.15) is 0 Å². The Morgan fingerprint density at radius 2 is 2.31 bits per heavy atom. The minimum atomic E-state index is 0.129.